The maximum absolute atomic E-state index is 13.0. The molecule has 0 bridgehead atoms. The zero-order chi connectivity index (χ0) is 12.5. The van der Waals surface area contributed by atoms with Crippen molar-refractivity contribution in [3.05, 3.63) is 24.1 Å². The number of hydrogen-bond donors (Lipinski definition) is 1. The van der Waals surface area contributed by atoms with Gasteiger partial charge in [-0.15, -0.1) is 5.10 Å². The van der Waals surface area contributed by atoms with Crippen LogP contribution in [-0.2, 0) is 0 Å². The molecular weight excluding hydrogens is 231 g/mol. The Morgan fingerprint density at radius 1 is 1.39 bits per heavy atom. The highest BCUT2D eigenvalue weighted by atomic mass is 19.1. The first-order valence-electron chi connectivity index (χ1n) is 6.51. The SMILES string of the molecule is CC(Nc1nc2ccc(F)cn2n1)C1CCCC1. The number of anilines is 1. The summed E-state index contributed by atoms with van der Waals surface area (Å²) in [7, 11) is 0. The first-order valence-corrected chi connectivity index (χ1v) is 6.51. The van der Waals surface area contributed by atoms with Crippen molar-refractivity contribution in [3.8, 4) is 0 Å². The zero-order valence-electron chi connectivity index (χ0n) is 10.4. The van der Waals surface area contributed by atoms with Gasteiger partial charge in [0.15, 0.2) is 5.65 Å². The number of fused-ring (bicyclic) bond motifs is 1. The van der Waals surface area contributed by atoms with E-state index in [1.54, 1.807) is 6.07 Å². The van der Waals surface area contributed by atoms with E-state index in [4.69, 9.17) is 0 Å². The number of aromatic nitrogens is 3. The Bertz CT molecular complexity index is 545. The average Bonchev–Trinajstić information content (AvgIpc) is 2.95. The Morgan fingerprint density at radius 2 is 2.17 bits per heavy atom. The highest BCUT2D eigenvalue weighted by Gasteiger charge is 2.22. The number of halogens is 1. The second-order valence-corrected chi connectivity index (χ2v) is 5.06. The molecule has 1 atom stereocenters. The minimum absolute atomic E-state index is 0.303. The van der Waals surface area contributed by atoms with Crippen molar-refractivity contribution < 1.29 is 4.39 Å². The van der Waals surface area contributed by atoms with Crippen LogP contribution in [0.2, 0.25) is 0 Å². The Morgan fingerprint density at radius 3 is 2.94 bits per heavy atom. The van der Waals surface area contributed by atoms with Crippen molar-refractivity contribution in [1.82, 2.24) is 14.6 Å². The lowest BCUT2D eigenvalue weighted by Gasteiger charge is -2.18. The molecule has 0 aliphatic heterocycles. The summed E-state index contributed by atoms with van der Waals surface area (Å²) >= 11 is 0. The van der Waals surface area contributed by atoms with Gasteiger partial charge in [0, 0.05) is 6.04 Å². The van der Waals surface area contributed by atoms with Gasteiger partial charge in [0.05, 0.1) is 6.20 Å². The van der Waals surface area contributed by atoms with Crippen LogP contribution in [0.5, 0.6) is 0 Å². The minimum Gasteiger partial charge on any atom is -0.350 e. The normalized spacial score (nSPS) is 18.3. The summed E-state index contributed by atoms with van der Waals surface area (Å²) < 4.78 is 14.5. The van der Waals surface area contributed by atoms with E-state index in [1.165, 1.54) is 42.5 Å². The van der Waals surface area contributed by atoms with Crippen molar-refractivity contribution in [3.63, 3.8) is 0 Å². The van der Waals surface area contributed by atoms with Crippen molar-refractivity contribution in [2.24, 2.45) is 5.92 Å². The average molecular weight is 248 g/mol. The Kier molecular flexibility index (Phi) is 2.89. The van der Waals surface area contributed by atoms with Gasteiger partial charge in [-0.05, 0) is 37.8 Å². The van der Waals surface area contributed by atoms with Crippen LogP contribution in [-0.4, -0.2) is 20.6 Å². The van der Waals surface area contributed by atoms with Crippen LogP contribution < -0.4 is 5.32 Å². The molecule has 1 aliphatic rings. The Balaban J connectivity index is 1.77. The van der Waals surface area contributed by atoms with Gasteiger partial charge in [-0.1, -0.05) is 12.8 Å². The lowest BCUT2D eigenvalue weighted by atomic mass is 10.0. The monoisotopic (exact) mass is 248 g/mol. The van der Waals surface area contributed by atoms with Crippen molar-refractivity contribution >= 4 is 11.6 Å². The van der Waals surface area contributed by atoms with E-state index >= 15 is 0 Å². The fourth-order valence-electron chi connectivity index (χ4n) is 2.70. The zero-order valence-corrected chi connectivity index (χ0v) is 10.4. The Labute approximate surface area is 105 Å². The van der Waals surface area contributed by atoms with E-state index < -0.39 is 0 Å². The third-order valence-corrected chi connectivity index (χ3v) is 3.76. The lowest BCUT2D eigenvalue weighted by molar-refractivity contribution is 0.480. The van der Waals surface area contributed by atoms with Gasteiger partial charge < -0.3 is 5.32 Å². The molecule has 0 radical (unpaired) electrons. The van der Waals surface area contributed by atoms with Gasteiger partial charge in [-0.2, -0.15) is 4.98 Å². The van der Waals surface area contributed by atoms with E-state index in [0.717, 1.165) is 0 Å². The van der Waals surface area contributed by atoms with Crippen molar-refractivity contribution in [2.75, 3.05) is 5.32 Å². The largest absolute Gasteiger partial charge is 0.350 e. The van der Waals surface area contributed by atoms with E-state index in [-0.39, 0.29) is 5.82 Å². The molecule has 2 aromatic heterocycles. The predicted molar refractivity (Wildman–Crippen MR) is 68.0 cm³/mol. The maximum Gasteiger partial charge on any atom is 0.243 e. The molecule has 0 saturated heterocycles. The van der Waals surface area contributed by atoms with Gasteiger partial charge >= 0.3 is 0 Å². The summed E-state index contributed by atoms with van der Waals surface area (Å²) in [5.74, 6) is 0.983. The summed E-state index contributed by atoms with van der Waals surface area (Å²) in [5, 5.41) is 7.57. The van der Waals surface area contributed by atoms with Crippen molar-refractivity contribution in [1.29, 1.82) is 0 Å². The van der Waals surface area contributed by atoms with E-state index in [2.05, 4.69) is 22.3 Å². The van der Waals surface area contributed by atoms with Gasteiger partial charge in [0.1, 0.15) is 5.82 Å². The molecule has 3 rings (SSSR count). The number of nitrogens with zero attached hydrogens (tertiary/aromatic N) is 3. The predicted octanol–water partition coefficient (Wildman–Crippen LogP) is 2.86. The lowest BCUT2D eigenvalue weighted by Crippen LogP contribution is -2.24. The second kappa shape index (κ2) is 4.55. The number of hydrogen-bond acceptors (Lipinski definition) is 3. The maximum atomic E-state index is 13.0. The summed E-state index contributed by atoms with van der Waals surface area (Å²) in [4.78, 5) is 4.34. The Hall–Kier alpha value is -1.65. The second-order valence-electron chi connectivity index (χ2n) is 5.06. The van der Waals surface area contributed by atoms with Gasteiger partial charge in [-0.25, -0.2) is 8.91 Å². The molecule has 4 nitrogen and oxygen atoms in total. The summed E-state index contributed by atoms with van der Waals surface area (Å²) in [6, 6.07) is 3.40. The number of nitrogens with one attached hydrogen (secondary N) is 1. The third-order valence-electron chi connectivity index (χ3n) is 3.76. The van der Waals surface area contributed by atoms with Crippen LogP contribution in [0.4, 0.5) is 10.3 Å². The molecule has 18 heavy (non-hydrogen) atoms. The smallest absolute Gasteiger partial charge is 0.243 e. The molecule has 1 fully saturated rings. The molecule has 1 N–H and O–H groups in total. The van der Waals surface area contributed by atoms with E-state index in [0.29, 0.717) is 23.6 Å². The van der Waals surface area contributed by atoms with Crippen LogP contribution in [0.15, 0.2) is 18.3 Å². The fraction of sp³-hybridized carbons (Fsp3) is 0.538. The quantitative estimate of drug-likeness (QED) is 0.908. The topological polar surface area (TPSA) is 42.2 Å². The van der Waals surface area contributed by atoms with Crippen LogP contribution >= 0.6 is 0 Å². The molecule has 96 valence electrons. The summed E-state index contributed by atoms with van der Waals surface area (Å²) in [6.07, 6.45) is 6.53. The molecule has 2 heterocycles. The van der Waals surface area contributed by atoms with Crippen LogP contribution in [0.3, 0.4) is 0 Å². The molecule has 0 amide bonds. The number of rotatable bonds is 3. The fourth-order valence-corrected chi connectivity index (χ4v) is 2.70. The molecule has 0 aromatic carbocycles. The highest BCUT2D eigenvalue weighted by molar-refractivity contribution is 5.43. The molecule has 1 saturated carbocycles. The van der Waals surface area contributed by atoms with Gasteiger partial charge in [0.2, 0.25) is 5.95 Å². The molecule has 0 spiro atoms. The summed E-state index contributed by atoms with van der Waals surface area (Å²) in [5.41, 5.74) is 0.664. The molecule has 2 aromatic rings. The molecule has 1 unspecified atom stereocenters. The van der Waals surface area contributed by atoms with E-state index in [1.807, 2.05) is 0 Å². The van der Waals surface area contributed by atoms with E-state index in [9.17, 15) is 4.39 Å². The van der Waals surface area contributed by atoms with Crippen LogP contribution in [0, 0.1) is 11.7 Å². The summed E-state index contributed by atoms with van der Waals surface area (Å²) in [6.45, 7) is 2.17. The van der Waals surface area contributed by atoms with Gasteiger partial charge in [-0.3, -0.25) is 0 Å². The van der Waals surface area contributed by atoms with Crippen molar-refractivity contribution in [2.45, 2.75) is 38.6 Å². The number of pyridine rings is 1. The molecular formula is C13H17FN4. The minimum atomic E-state index is -0.303. The standard InChI is InChI=1S/C13H17FN4/c1-9(10-4-2-3-5-10)15-13-16-12-7-6-11(14)8-18(12)17-13/h6-10H,2-5H2,1H3,(H,15,17). The van der Waals surface area contributed by atoms with Gasteiger partial charge in [0.25, 0.3) is 0 Å². The van der Waals surface area contributed by atoms with Crippen LogP contribution in [0.25, 0.3) is 5.65 Å². The first kappa shape index (κ1) is 11.4. The molecule has 1 aliphatic carbocycles. The highest BCUT2D eigenvalue weighted by Crippen LogP contribution is 2.28. The molecule has 5 heteroatoms. The third kappa shape index (κ3) is 2.17. The first-order chi connectivity index (χ1) is 8.72. The van der Waals surface area contributed by atoms with Crippen LogP contribution in [0.1, 0.15) is 32.6 Å².